The second-order valence-corrected chi connectivity index (χ2v) is 3.31. The number of carbonyl (C=O) groups excluding carboxylic acids is 3. The van der Waals surface area contributed by atoms with Gasteiger partial charge in [-0.1, -0.05) is 0 Å². The van der Waals surface area contributed by atoms with Crippen LogP contribution in [-0.2, 0) is 9.59 Å². The van der Waals surface area contributed by atoms with E-state index in [0.29, 0.717) is 5.56 Å². The van der Waals surface area contributed by atoms with E-state index in [1.807, 2.05) is 0 Å². The van der Waals surface area contributed by atoms with Gasteiger partial charge in [-0.25, -0.2) is 0 Å². The molecule has 0 bridgehead atoms. The Morgan fingerprint density at radius 3 is 2.56 bits per heavy atom. The number of rotatable bonds is 2. The smallest absolute Gasteiger partial charge is 0.271 e. The molecule has 1 aromatic rings. The van der Waals surface area contributed by atoms with Gasteiger partial charge in [0.2, 0.25) is 11.8 Å². The second kappa shape index (κ2) is 4.09. The molecule has 0 unspecified atom stereocenters. The summed E-state index contributed by atoms with van der Waals surface area (Å²) in [7, 11) is 0. The van der Waals surface area contributed by atoms with Crippen LogP contribution in [0.5, 0.6) is 0 Å². The highest BCUT2D eigenvalue weighted by Crippen LogP contribution is 2.09. The fraction of sp³-hybridized carbons (Fsp3) is 0.200. The molecule has 2 heterocycles. The highest BCUT2D eigenvalue weighted by molar-refractivity contribution is 6.05. The number of imide groups is 1. The maximum absolute atomic E-state index is 11.6. The molecule has 0 saturated carbocycles. The van der Waals surface area contributed by atoms with Crippen molar-refractivity contribution in [3.05, 3.63) is 30.1 Å². The van der Waals surface area contributed by atoms with Crippen molar-refractivity contribution < 1.29 is 14.4 Å². The molecular weight excluding hydrogens is 210 g/mol. The third-order valence-corrected chi connectivity index (χ3v) is 2.19. The summed E-state index contributed by atoms with van der Waals surface area (Å²) < 4.78 is 0. The average molecular weight is 219 g/mol. The fourth-order valence-corrected chi connectivity index (χ4v) is 1.36. The lowest BCUT2D eigenvalue weighted by molar-refractivity contribution is -0.141. The zero-order valence-electron chi connectivity index (χ0n) is 8.34. The predicted molar refractivity (Wildman–Crippen MR) is 52.8 cm³/mol. The Morgan fingerprint density at radius 1 is 1.31 bits per heavy atom. The van der Waals surface area contributed by atoms with Crippen molar-refractivity contribution in [2.45, 2.75) is 12.8 Å². The van der Waals surface area contributed by atoms with Crippen LogP contribution in [0.4, 0.5) is 0 Å². The maximum Gasteiger partial charge on any atom is 0.271 e. The minimum absolute atomic E-state index is 0.145. The lowest BCUT2D eigenvalue weighted by Gasteiger charge is -2.14. The SMILES string of the molecule is O=C(NN1C(=O)CCC1=O)c1cccnc1. The first-order valence-corrected chi connectivity index (χ1v) is 4.75. The molecule has 6 nitrogen and oxygen atoms in total. The number of nitrogens with one attached hydrogen (secondary N) is 1. The number of pyridine rings is 1. The Hall–Kier alpha value is -2.24. The van der Waals surface area contributed by atoms with Crippen molar-refractivity contribution in [1.29, 1.82) is 0 Å². The number of hydrogen-bond donors (Lipinski definition) is 1. The molecule has 6 heteroatoms. The third-order valence-electron chi connectivity index (χ3n) is 2.19. The summed E-state index contributed by atoms with van der Waals surface area (Å²) in [5.41, 5.74) is 2.55. The molecule has 0 radical (unpaired) electrons. The monoisotopic (exact) mass is 219 g/mol. The Balaban J connectivity index is 2.08. The highest BCUT2D eigenvalue weighted by Gasteiger charge is 2.30. The van der Waals surface area contributed by atoms with E-state index in [9.17, 15) is 14.4 Å². The van der Waals surface area contributed by atoms with Crippen molar-refractivity contribution in [3.63, 3.8) is 0 Å². The van der Waals surface area contributed by atoms with Gasteiger partial charge in [-0.2, -0.15) is 5.01 Å². The molecule has 1 N–H and O–H groups in total. The van der Waals surface area contributed by atoms with Gasteiger partial charge < -0.3 is 0 Å². The normalized spacial score (nSPS) is 15.4. The van der Waals surface area contributed by atoms with Crippen LogP contribution in [0.2, 0.25) is 0 Å². The molecule has 1 saturated heterocycles. The highest BCUT2D eigenvalue weighted by atomic mass is 16.2. The number of amides is 3. The molecule has 16 heavy (non-hydrogen) atoms. The Labute approximate surface area is 91.2 Å². The second-order valence-electron chi connectivity index (χ2n) is 3.31. The molecule has 1 fully saturated rings. The van der Waals surface area contributed by atoms with Crippen LogP contribution in [0.1, 0.15) is 23.2 Å². The molecule has 1 aromatic heterocycles. The van der Waals surface area contributed by atoms with E-state index in [2.05, 4.69) is 10.4 Å². The fourth-order valence-electron chi connectivity index (χ4n) is 1.36. The van der Waals surface area contributed by atoms with Gasteiger partial charge in [0.05, 0.1) is 5.56 Å². The first-order valence-electron chi connectivity index (χ1n) is 4.75. The van der Waals surface area contributed by atoms with Gasteiger partial charge >= 0.3 is 0 Å². The van der Waals surface area contributed by atoms with Crippen LogP contribution in [0, 0.1) is 0 Å². The van der Waals surface area contributed by atoms with Crippen LogP contribution in [0.3, 0.4) is 0 Å². The largest absolute Gasteiger partial charge is 0.273 e. The Morgan fingerprint density at radius 2 is 2.00 bits per heavy atom. The van der Waals surface area contributed by atoms with Crippen molar-refractivity contribution in [2.75, 3.05) is 0 Å². The van der Waals surface area contributed by atoms with Crippen LogP contribution in [0.15, 0.2) is 24.5 Å². The van der Waals surface area contributed by atoms with Crippen LogP contribution < -0.4 is 5.43 Å². The van der Waals surface area contributed by atoms with Crippen molar-refractivity contribution in [1.82, 2.24) is 15.4 Å². The van der Waals surface area contributed by atoms with Crippen molar-refractivity contribution >= 4 is 17.7 Å². The van der Waals surface area contributed by atoms with Gasteiger partial charge in [-0.05, 0) is 12.1 Å². The van der Waals surface area contributed by atoms with Gasteiger partial charge in [-0.15, -0.1) is 0 Å². The standard InChI is InChI=1S/C10H9N3O3/c14-8-3-4-9(15)13(8)12-10(16)7-2-1-5-11-6-7/h1-2,5-6H,3-4H2,(H,12,16). The minimum Gasteiger partial charge on any atom is -0.273 e. The van der Waals surface area contributed by atoms with Crippen molar-refractivity contribution in [3.8, 4) is 0 Å². The van der Waals surface area contributed by atoms with Gasteiger partial charge in [0.15, 0.2) is 0 Å². The van der Waals surface area contributed by atoms with Crippen molar-refractivity contribution in [2.24, 2.45) is 0 Å². The maximum atomic E-state index is 11.6. The van der Waals surface area contributed by atoms with E-state index in [1.165, 1.54) is 12.4 Å². The summed E-state index contributed by atoms with van der Waals surface area (Å²) >= 11 is 0. The third kappa shape index (κ3) is 1.90. The predicted octanol–water partition coefficient (Wildman–Crippen LogP) is -0.125. The van der Waals surface area contributed by atoms with E-state index in [4.69, 9.17) is 0 Å². The van der Waals surface area contributed by atoms with E-state index >= 15 is 0 Å². The average Bonchev–Trinajstić information content (AvgIpc) is 2.62. The van der Waals surface area contributed by atoms with E-state index in [1.54, 1.807) is 12.1 Å². The van der Waals surface area contributed by atoms with E-state index in [-0.39, 0.29) is 24.7 Å². The first-order chi connectivity index (χ1) is 7.68. The molecule has 1 aliphatic heterocycles. The quantitative estimate of drug-likeness (QED) is 0.703. The summed E-state index contributed by atoms with van der Waals surface area (Å²) in [6.45, 7) is 0. The van der Waals surface area contributed by atoms with Gasteiger partial charge in [0.1, 0.15) is 0 Å². The zero-order valence-corrected chi connectivity index (χ0v) is 8.34. The number of nitrogens with zero attached hydrogens (tertiary/aromatic N) is 2. The summed E-state index contributed by atoms with van der Waals surface area (Å²) in [5.74, 6) is -1.29. The summed E-state index contributed by atoms with van der Waals surface area (Å²) in [5, 5.41) is 0.759. The van der Waals surface area contributed by atoms with Crippen LogP contribution in [0.25, 0.3) is 0 Å². The zero-order chi connectivity index (χ0) is 11.5. The number of hydrazine groups is 1. The molecule has 0 aliphatic carbocycles. The van der Waals surface area contributed by atoms with Gasteiger partial charge in [0, 0.05) is 25.2 Å². The molecule has 0 atom stereocenters. The van der Waals surface area contributed by atoms with Crippen LogP contribution >= 0.6 is 0 Å². The molecule has 1 aliphatic rings. The Kier molecular flexibility index (Phi) is 2.63. The van der Waals surface area contributed by atoms with E-state index < -0.39 is 5.91 Å². The molecule has 82 valence electrons. The lowest BCUT2D eigenvalue weighted by atomic mass is 10.3. The molecule has 0 aromatic carbocycles. The lowest BCUT2D eigenvalue weighted by Crippen LogP contribution is -2.45. The Bertz CT molecular complexity index is 428. The summed E-state index contributed by atoms with van der Waals surface area (Å²) in [6, 6.07) is 3.15. The topological polar surface area (TPSA) is 79.4 Å². The summed E-state index contributed by atoms with van der Waals surface area (Å²) in [4.78, 5) is 37.8. The first kappa shape index (κ1) is 10.3. The minimum atomic E-state index is -0.517. The number of aromatic nitrogens is 1. The molecule has 3 amide bonds. The molecular formula is C10H9N3O3. The van der Waals surface area contributed by atoms with E-state index in [0.717, 1.165) is 5.01 Å². The van der Waals surface area contributed by atoms with Gasteiger partial charge in [-0.3, -0.25) is 24.8 Å². The molecule has 2 rings (SSSR count). The number of carbonyl (C=O) groups is 3. The van der Waals surface area contributed by atoms with Gasteiger partial charge in [0.25, 0.3) is 5.91 Å². The molecule has 0 spiro atoms. The van der Waals surface area contributed by atoms with Crippen LogP contribution in [-0.4, -0.2) is 27.7 Å². The summed E-state index contributed by atoms with van der Waals surface area (Å²) in [6.07, 6.45) is 3.18. The number of hydrogen-bond acceptors (Lipinski definition) is 4.